The molecule has 0 aliphatic heterocycles. The summed E-state index contributed by atoms with van der Waals surface area (Å²) < 4.78 is 31.5. The fourth-order valence-electron chi connectivity index (χ4n) is 3.62. The average molecular weight is 593 g/mol. The van der Waals surface area contributed by atoms with E-state index in [1.807, 2.05) is 13.8 Å². The van der Waals surface area contributed by atoms with Crippen molar-refractivity contribution in [2.24, 2.45) is 0 Å². The van der Waals surface area contributed by atoms with Gasteiger partial charge in [-0.1, -0.05) is 54.7 Å². The first-order valence-electron chi connectivity index (χ1n) is 11.7. The van der Waals surface area contributed by atoms with E-state index in [1.165, 1.54) is 30.2 Å². The van der Waals surface area contributed by atoms with E-state index in [-0.39, 0.29) is 29.2 Å². The second-order valence-corrected chi connectivity index (χ2v) is 11.7. The number of sulfonamides is 1. The molecule has 12 heteroatoms. The number of carbonyl (C=O) groups excluding carboxylic acids is 2. The Morgan fingerprint density at radius 3 is 2.22 bits per heavy atom. The van der Waals surface area contributed by atoms with Gasteiger partial charge < -0.3 is 15.0 Å². The number of methoxy groups -OCH3 is 1. The standard InChI is InChI=1S/C25H32Cl3N3O5S/c1-6-16(3)29-25(33)22(7-2)30(14-17-8-9-18(26)12-20(17)27)24(32)15-31(37(5,34)35)19-10-11-23(36-4)21(28)13-19/h8-13,16,22H,6-7,14-15H2,1-5H3,(H,29,33). The maximum atomic E-state index is 13.7. The van der Waals surface area contributed by atoms with Crippen LogP contribution in [0.2, 0.25) is 15.1 Å². The van der Waals surface area contributed by atoms with E-state index in [9.17, 15) is 18.0 Å². The van der Waals surface area contributed by atoms with Gasteiger partial charge in [0.15, 0.2) is 0 Å². The highest BCUT2D eigenvalue weighted by Gasteiger charge is 2.32. The first-order chi connectivity index (χ1) is 17.3. The summed E-state index contributed by atoms with van der Waals surface area (Å²) in [6.45, 7) is 5.00. The zero-order valence-corrected chi connectivity index (χ0v) is 24.5. The summed E-state index contributed by atoms with van der Waals surface area (Å²) in [5, 5.41) is 3.84. The summed E-state index contributed by atoms with van der Waals surface area (Å²) in [4.78, 5) is 28.2. The molecule has 37 heavy (non-hydrogen) atoms. The molecule has 0 heterocycles. The van der Waals surface area contributed by atoms with Gasteiger partial charge in [0.2, 0.25) is 21.8 Å². The van der Waals surface area contributed by atoms with Crippen molar-refractivity contribution in [2.45, 2.75) is 52.2 Å². The highest BCUT2D eigenvalue weighted by atomic mass is 35.5. The lowest BCUT2D eigenvalue weighted by molar-refractivity contribution is -0.140. The van der Waals surface area contributed by atoms with Crippen LogP contribution in [0.15, 0.2) is 36.4 Å². The Bertz CT molecular complexity index is 1230. The third-order valence-corrected chi connectivity index (χ3v) is 7.87. The van der Waals surface area contributed by atoms with E-state index in [0.717, 1.165) is 10.6 Å². The molecule has 0 bridgehead atoms. The molecule has 204 valence electrons. The SMILES string of the molecule is CCC(C)NC(=O)C(CC)N(Cc1ccc(Cl)cc1Cl)C(=O)CN(c1ccc(OC)c(Cl)c1)S(C)(=O)=O. The molecule has 2 rings (SSSR count). The van der Waals surface area contributed by atoms with Crippen LogP contribution >= 0.6 is 34.8 Å². The quantitative estimate of drug-likeness (QED) is 0.368. The van der Waals surface area contributed by atoms with Gasteiger partial charge in [-0.2, -0.15) is 0 Å². The zero-order valence-electron chi connectivity index (χ0n) is 21.4. The Kier molecular flexibility index (Phi) is 11.4. The molecule has 2 amide bonds. The zero-order chi connectivity index (χ0) is 27.9. The highest BCUT2D eigenvalue weighted by molar-refractivity contribution is 7.92. The largest absolute Gasteiger partial charge is 0.495 e. The normalized spacial score (nSPS) is 13.0. The monoisotopic (exact) mass is 591 g/mol. The minimum absolute atomic E-state index is 0.0256. The third kappa shape index (κ3) is 8.40. The van der Waals surface area contributed by atoms with Gasteiger partial charge in [-0.3, -0.25) is 13.9 Å². The van der Waals surface area contributed by atoms with Gasteiger partial charge in [-0.25, -0.2) is 8.42 Å². The summed E-state index contributed by atoms with van der Waals surface area (Å²) in [6, 6.07) is 8.29. The second kappa shape index (κ2) is 13.6. The highest BCUT2D eigenvalue weighted by Crippen LogP contribution is 2.31. The van der Waals surface area contributed by atoms with Gasteiger partial charge in [-0.05, 0) is 55.7 Å². The summed E-state index contributed by atoms with van der Waals surface area (Å²) in [6.07, 6.45) is 2.00. The van der Waals surface area contributed by atoms with Gasteiger partial charge >= 0.3 is 0 Å². The third-order valence-electron chi connectivity index (χ3n) is 5.85. The summed E-state index contributed by atoms with van der Waals surface area (Å²) in [5.74, 6) is -0.569. The van der Waals surface area contributed by atoms with Crippen molar-refractivity contribution in [3.05, 3.63) is 57.0 Å². The first kappa shape index (κ1) is 31.0. The minimum atomic E-state index is -3.90. The molecule has 0 fully saturated rings. The molecular formula is C25H32Cl3N3O5S. The van der Waals surface area contributed by atoms with E-state index in [2.05, 4.69) is 5.32 Å². The molecule has 0 saturated carbocycles. The minimum Gasteiger partial charge on any atom is -0.495 e. The van der Waals surface area contributed by atoms with Crippen LogP contribution < -0.4 is 14.4 Å². The summed E-state index contributed by atoms with van der Waals surface area (Å²) in [7, 11) is -2.46. The Balaban J connectivity index is 2.50. The molecule has 2 atom stereocenters. The molecule has 0 saturated heterocycles. The van der Waals surface area contributed by atoms with E-state index < -0.39 is 28.5 Å². The van der Waals surface area contributed by atoms with E-state index in [4.69, 9.17) is 39.5 Å². The van der Waals surface area contributed by atoms with Gasteiger partial charge in [0.25, 0.3) is 0 Å². The van der Waals surface area contributed by atoms with Crippen LogP contribution in [-0.4, -0.2) is 57.1 Å². The van der Waals surface area contributed by atoms with Crippen LogP contribution in [-0.2, 0) is 26.2 Å². The van der Waals surface area contributed by atoms with Crippen molar-refractivity contribution < 1.29 is 22.7 Å². The van der Waals surface area contributed by atoms with Crippen molar-refractivity contribution >= 4 is 62.3 Å². The topological polar surface area (TPSA) is 96.0 Å². The molecular weight excluding hydrogens is 561 g/mol. The molecule has 0 radical (unpaired) electrons. The van der Waals surface area contributed by atoms with Crippen molar-refractivity contribution in [1.82, 2.24) is 10.2 Å². The molecule has 0 aliphatic rings. The van der Waals surface area contributed by atoms with E-state index in [0.29, 0.717) is 34.2 Å². The first-order valence-corrected chi connectivity index (χ1v) is 14.7. The lowest BCUT2D eigenvalue weighted by atomic mass is 10.1. The number of anilines is 1. The van der Waals surface area contributed by atoms with Gasteiger partial charge in [0.05, 0.1) is 24.1 Å². The molecule has 0 spiro atoms. The molecule has 2 aromatic carbocycles. The second-order valence-electron chi connectivity index (χ2n) is 8.59. The Hall–Kier alpha value is -2.20. The number of rotatable bonds is 12. The predicted octanol–water partition coefficient (Wildman–Crippen LogP) is 5.14. The van der Waals surface area contributed by atoms with Crippen LogP contribution in [0.4, 0.5) is 5.69 Å². The fraction of sp³-hybridized carbons (Fsp3) is 0.440. The van der Waals surface area contributed by atoms with Crippen molar-refractivity contribution in [3.63, 3.8) is 0 Å². The van der Waals surface area contributed by atoms with Gasteiger partial charge in [0, 0.05) is 22.6 Å². The molecule has 8 nitrogen and oxygen atoms in total. The number of ether oxygens (including phenoxy) is 1. The summed E-state index contributed by atoms with van der Waals surface area (Å²) in [5.41, 5.74) is 0.746. The maximum Gasteiger partial charge on any atom is 0.244 e. The smallest absolute Gasteiger partial charge is 0.244 e. The lowest BCUT2D eigenvalue weighted by Crippen LogP contribution is -2.53. The number of amides is 2. The molecule has 0 aliphatic carbocycles. The molecule has 2 aromatic rings. The van der Waals surface area contributed by atoms with Gasteiger partial charge in [0.1, 0.15) is 18.3 Å². The van der Waals surface area contributed by atoms with E-state index >= 15 is 0 Å². The molecule has 1 N–H and O–H groups in total. The lowest BCUT2D eigenvalue weighted by Gasteiger charge is -2.33. The number of hydrogen-bond acceptors (Lipinski definition) is 5. The van der Waals surface area contributed by atoms with Crippen molar-refractivity contribution in [2.75, 3.05) is 24.2 Å². The average Bonchev–Trinajstić information content (AvgIpc) is 2.82. The van der Waals surface area contributed by atoms with Crippen LogP contribution in [0.5, 0.6) is 5.75 Å². The number of nitrogens with one attached hydrogen (secondary N) is 1. The van der Waals surface area contributed by atoms with Crippen molar-refractivity contribution in [1.29, 1.82) is 0 Å². The van der Waals surface area contributed by atoms with Crippen molar-refractivity contribution in [3.8, 4) is 5.75 Å². The van der Waals surface area contributed by atoms with Crippen LogP contribution in [0, 0.1) is 0 Å². The van der Waals surface area contributed by atoms with Crippen LogP contribution in [0.25, 0.3) is 0 Å². The molecule has 0 aromatic heterocycles. The predicted molar refractivity (Wildman–Crippen MR) is 149 cm³/mol. The summed E-state index contributed by atoms with van der Waals surface area (Å²) >= 11 is 18.6. The molecule has 2 unspecified atom stereocenters. The van der Waals surface area contributed by atoms with Gasteiger partial charge in [-0.15, -0.1) is 0 Å². The Morgan fingerprint density at radius 1 is 1.03 bits per heavy atom. The van der Waals surface area contributed by atoms with Crippen LogP contribution in [0.1, 0.15) is 39.2 Å². The number of hydrogen-bond donors (Lipinski definition) is 1. The Morgan fingerprint density at radius 2 is 1.70 bits per heavy atom. The number of carbonyl (C=O) groups is 2. The number of halogens is 3. The van der Waals surface area contributed by atoms with E-state index in [1.54, 1.807) is 25.1 Å². The number of benzene rings is 2. The Labute approximate surface area is 233 Å². The number of nitrogens with zero attached hydrogens (tertiary/aromatic N) is 2. The van der Waals surface area contributed by atoms with Crippen LogP contribution in [0.3, 0.4) is 0 Å². The maximum absolute atomic E-state index is 13.7. The fourth-order valence-corrected chi connectivity index (χ4v) is 5.18.